The van der Waals surface area contributed by atoms with Crippen LogP contribution in [-0.4, -0.2) is 0 Å². The first-order valence-corrected chi connectivity index (χ1v) is 6.92. The van der Waals surface area contributed by atoms with Crippen LogP contribution in [0.4, 0.5) is 0 Å². The van der Waals surface area contributed by atoms with E-state index in [1.807, 2.05) is 0 Å². The molecule has 0 amide bonds. The van der Waals surface area contributed by atoms with Gasteiger partial charge in [-0.25, -0.2) is 0 Å². The normalized spacial score (nSPS) is 11.8. The third kappa shape index (κ3) is 2.72. The SMILES string of the molecule is [O-][P+]([O-])([O-])c1ccc(Br)c(Br)c1Br. The van der Waals surface area contributed by atoms with Crippen molar-refractivity contribution in [3.63, 3.8) is 0 Å². The average molecular weight is 393 g/mol. The van der Waals surface area contributed by atoms with Crippen molar-refractivity contribution in [3.8, 4) is 0 Å². The van der Waals surface area contributed by atoms with Crippen LogP contribution in [0.25, 0.3) is 0 Å². The van der Waals surface area contributed by atoms with Crippen molar-refractivity contribution in [2.75, 3.05) is 0 Å². The van der Waals surface area contributed by atoms with Crippen LogP contribution in [0.15, 0.2) is 25.6 Å². The van der Waals surface area contributed by atoms with Crippen molar-refractivity contribution < 1.29 is 14.7 Å². The molecule has 0 saturated carbocycles. The smallest absolute Gasteiger partial charge is 0.0917 e. The van der Waals surface area contributed by atoms with Crippen LogP contribution in [0.2, 0.25) is 0 Å². The summed E-state index contributed by atoms with van der Waals surface area (Å²) < 4.78 is 1.43. The van der Waals surface area contributed by atoms with Crippen molar-refractivity contribution in [3.05, 3.63) is 25.6 Å². The summed E-state index contributed by atoms with van der Waals surface area (Å²) >= 11 is 9.32. The molecular formula is C6H2Br3O3P-2. The molecule has 1 aromatic carbocycles. The van der Waals surface area contributed by atoms with Gasteiger partial charge in [0, 0.05) is 8.95 Å². The van der Waals surface area contributed by atoms with Gasteiger partial charge in [-0.2, -0.15) is 0 Å². The lowest BCUT2D eigenvalue weighted by molar-refractivity contribution is -0.421. The maximum Gasteiger partial charge on any atom is 0.0917 e. The molecule has 0 unspecified atom stereocenters. The predicted octanol–water partition coefficient (Wildman–Crippen LogP) is 0.443. The summed E-state index contributed by atoms with van der Waals surface area (Å²) in [4.78, 5) is 32.2. The third-order valence-electron chi connectivity index (χ3n) is 1.31. The number of benzene rings is 1. The summed E-state index contributed by atoms with van der Waals surface area (Å²) in [5.74, 6) is 0. The maximum absolute atomic E-state index is 10.7. The maximum atomic E-state index is 10.7. The Hall–Kier alpha value is 0.970. The number of hydrogen-bond acceptors (Lipinski definition) is 3. The zero-order valence-corrected chi connectivity index (χ0v) is 11.6. The van der Waals surface area contributed by atoms with Crippen LogP contribution in [0, 0.1) is 0 Å². The molecule has 72 valence electrons. The Morgan fingerprint density at radius 2 is 1.46 bits per heavy atom. The molecule has 13 heavy (non-hydrogen) atoms. The largest absolute Gasteiger partial charge is 0.683 e. The average Bonchev–Trinajstić information content (AvgIpc) is 1.98. The fraction of sp³-hybridized carbons (Fsp3) is 0. The molecule has 0 aliphatic rings. The van der Waals surface area contributed by atoms with Gasteiger partial charge in [0.05, 0.1) is 9.78 Å². The van der Waals surface area contributed by atoms with Crippen LogP contribution in [0.3, 0.4) is 0 Å². The van der Waals surface area contributed by atoms with E-state index < -0.39 is 7.94 Å². The molecule has 0 spiro atoms. The second-order valence-corrected chi connectivity index (χ2v) is 6.11. The van der Waals surface area contributed by atoms with Gasteiger partial charge in [0.2, 0.25) is 0 Å². The minimum atomic E-state index is -4.70. The third-order valence-corrected chi connectivity index (χ3v) is 5.95. The molecule has 0 fully saturated rings. The second-order valence-electron chi connectivity index (χ2n) is 2.19. The first-order chi connectivity index (χ1) is 5.84. The van der Waals surface area contributed by atoms with Gasteiger partial charge in [0.1, 0.15) is 0 Å². The van der Waals surface area contributed by atoms with E-state index in [-0.39, 0.29) is 9.78 Å². The molecule has 0 heterocycles. The number of halogens is 3. The van der Waals surface area contributed by atoms with Crippen molar-refractivity contribution in [2.45, 2.75) is 0 Å². The fourth-order valence-electron chi connectivity index (χ4n) is 0.727. The molecule has 0 atom stereocenters. The summed E-state index contributed by atoms with van der Waals surface area (Å²) in [6.45, 7) is 0. The van der Waals surface area contributed by atoms with Gasteiger partial charge in [0.15, 0.2) is 0 Å². The van der Waals surface area contributed by atoms with E-state index in [1.165, 1.54) is 12.1 Å². The van der Waals surface area contributed by atoms with Crippen LogP contribution < -0.4 is 20.0 Å². The minimum Gasteiger partial charge on any atom is -0.683 e. The molecule has 0 aromatic heterocycles. The monoisotopic (exact) mass is 390 g/mol. The van der Waals surface area contributed by atoms with E-state index in [0.29, 0.717) is 8.95 Å². The Labute approximate surface area is 101 Å². The highest BCUT2D eigenvalue weighted by Gasteiger charge is 2.13. The van der Waals surface area contributed by atoms with Gasteiger partial charge in [-0.05, 0) is 59.9 Å². The van der Waals surface area contributed by atoms with E-state index in [4.69, 9.17) is 0 Å². The quantitative estimate of drug-likeness (QED) is 0.514. The lowest BCUT2D eigenvalue weighted by Gasteiger charge is -2.42. The molecule has 0 saturated heterocycles. The van der Waals surface area contributed by atoms with Crippen molar-refractivity contribution in [1.82, 2.24) is 0 Å². The molecule has 1 aromatic rings. The van der Waals surface area contributed by atoms with Crippen molar-refractivity contribution in [2.24, 2.45) is 0 Å². The van der Waals surface area contributed by atoms with Crippen LogP contribution >= 0.6 is 55.7 Å². The highest BCUT2D eigenvalue weighted by molar-refractivity contribution is 9.14. The Morgan fingerprint density at radius 1 is 0.923 bits per heavy atom. The van der Waals surface area contributed by atoms with Gasteiger partial charge in [0.25, 0.3) is 0 Å². The Morgan fingerprint density at radius 3 is 1.92 bits per heavy atom. The zero-order valence-electron chi connectivity index (χ0n) is 5.96. The van der Waals surface area contributed by atoms with E-state index in [0.717, 1.165) is 0 Å². The standard InChI is InChI=1S/C6H4Br3O3P/c7-3-1-2-4(13(10,11)12)6(9)5(3)8/h1-2H,(H2,10,11,12)/p-2. The lowest BCUT2D eigenvalue weighted by Crippen LogP contribution is -2.41. The first-order valence-electron chi connectivity index (χ1n) is 3.00. The Kier molecular flexibility index (Phi) is 3.91. The molecule has 7 heteroatoms. The van der Waals surface area contributed by atoms with E-state index in [1.54, 1.807) is 0 Å². The summed E-state index contributed by atoms with van der Waals surface area (Å²) in [5, 5.41) is -0.248. The molecule has 3 nitrogen and oxygen atoms in total. The van der Waals surface area contributed by atoms with Gasteiger partial charge < -0.3 is 14.7 Å². The highest BCUT2D eigenvalue weighted by atomic mass is 79.9. The summed E-state index contributed by atoms with van der Waals surface area (Å²) in [5.41, 5.74) is 0. The highest BCUT2D eigenvalue weighted by Crippen LogP contribution is 2.37. The summed E-state index contributed by atoms with van der Waals surface area (Å²) in [6.07, 6.45) is 0. The summed E-state index contributed by atoms with van der Waals surface area (Å²) in [6, 6.07) is 2.74. The van der Waals surface area contributed by atoms with E-state index >= 15 is 0 Å². The fourth-order valence-corrected chi connectivity index (χ4v) is 3.43. The van der Waals surface area contributed by atoms with Gasteiger partial charge in [-0.1, -0.05) is 0 Å². The van der Waals surface area contributed by atoms with Crippen molar-refractivity contribution in [1.29, 1.82) is 0 Å². The Bertz CT molecular complexity index is 337. The van der Waals surface area contributed by atoms with E-state index in [2.05, 4.69) is 47.8 Å². The van der Waals surface area contributed by atoms with Crippen LogP contribution in [0.5, 0.6) is 0 Å². The molecule has 1 rings (SSSR count). The zero-order chi connectivity index (χ0) is 10.2. The summed E-state index contributed by atoms with van der Waals surface area (Å²) in [7, 11) is -4.70. The lowest BCUT2D eigenvalue weighted by atomic mass is 10.4. The van der Waals surface area contributed by atoms with Crippen LogP contribution in [0.1, 0.15) is 0 Å². The van der Waals surface area contributed by atoms with Gasteiger partial charge in [-0.3, -0.25) is 0 Å². The topological polar surface area (TPSA) is 69.2 Å². The molecule has 0 aliphatic carbocycles. The van der Waals surface area contributed by atoms with Gasteiger partial charge in [-0.15, -0.1) is 7.94 Å². The Balaban J connectivity index is 3.35. The van der Waals surface area contributed by atoms with E-state index in [9.17, 15) is 14.7 Å². The van der Waals surface area contributed by atoms with Crippen molar-refractivity contribution >= 4 is 61.0 Å². The van der Waals surface area contributed by atoms with Gasteiger partial charge >= 0.3 is 0 Å². The number of hydrogen-bond donors (Lipinski definition) is 0. The number of rotatable bonds is 1. The second kappa shape index (κ2) is 4.23. The van der Waals surface area contributed by atoms with Crippen LogP contribution in [-0.2, 0) is 0 Å². The molecular weight excluding hydrogens is 391 g/mol. The predicted molar refractivity (Wildman–Crippen MR) is 56.1 cm³/mol. The molecule has 0 radical (unpaired) electrons. The first kappa shape index (κ1) is 12.0. The molecule has 0 N–H and O–H groups in total. The molecule has 0 aliphatic heterocycles. The minimum absolute atomic E-state index is 0.246. The molecule has 0 bridgehead atoms.